The normalized spacial score (nSPS) is 24.1. The SMILES string of the molecule is CC1(C)CSCC(Nc2ccc(I)cc2)C1. The van der Waals surface area contributed by atoms with Crippen LogP contribution in [0.25, 0.3) is 0 Å². The number of anilines is 1. The summed E-state index contributed by atoms with van der Waals surface area (Å²) in [7, 11) is 0. The number of thioether (sulfide) groups is 1. The van der Waals surface area contributed by atoms with Gasteiger partial charge in [0.2, 0.25) is 0 Å². The first-order chi connectivity index (χ1) is 7.55. The third-order valence-electron chi connectivity index (χ3n) is 2.83. The van der Waals surface area contributed by atoms with Crippen molar-refractivity contribution in [2.75, 3.05) is 16.8 Å². The Bertz CT molecular complexity index is 347. The van der Waals surface area contributed by atoms with E-state index in [9.17, 15) is 0 Å². The van der Waals surface area contributed by atoms with Crippen LogP contribution in [-0.2, 0) is 0 Å². The molecule has 1 N–H and O–H groups in total. The fraction of sp³-hybridized carbons (Fsp3) is 0.538. The zero-order chi connectivity index (χ0) is 11.6. The smallest absolute Gasteiger partial charge is 0.0357 e. The molecule has 0 spiro atoms. The average Bonchev–Trinajstić information content (AvgIpc) is 2.20. The van der Waals surface area contributed by atoms with E-state index >= 15 is 0 Å². The molecule has 88 valence electrons. The standard InChI is InChI=1S/C13H18INS/c1-13(2)7-12(8-16-9-13)15-11-5-3-10(14)4-6-11/h3-6,12,15H,7-9H2,1-2H3. The summed E-state index contributed by atoms with van der Waals surface area (Å²) < 4.78 is 1.29. The number of hydrogen-bond acceptors (Lipinski definition) is 2. The summed E-state index contributed by atoms with van der Waals surface area (Å²) in [4.78, 5) is 0. The van der Waals surface area contributed by atoms with Crippen molar-refractivity contribution >= 4 is 40.0 Å². The monoisotopic (exact) mass is 347 g/mol. The third-order valence-corrected chi connectivity index (χ3v) is 5.17. The quantitative estimate of drug-likeness (QED) is 0.804. The van der Waals surface area contributed by atoms with Crippen LogP contribution >= 0.6 is 34.4 Å². The lowest BCUT2D eigenvalue weighted by Gasteiger charge is -2.35. The lowest BCUT2D eigenvalue weighted by atomic mass is 9.88. The predicted octanol–water partition coefficient (Wildman–Crippen LogP) is 4.23. The van der Waals surface area contributed by atoms with Gasteiger partial charge in [-0.1, -0.05) is 13.8 Å². The summed E-state index contributed by atoms with van der Waals surface area (Å²) in [6.45, 7) is 4.73. The molecule has 1 atom stereocenters. The van der Waals surface area contributed by atoms with E-state index in [2.05, 4.69) is 77.8 Å². The van der Waals surface area contributed by atoms with E-state index in [4.69, 9.17) is 0 Å². The Balaban J connectivity index is 1.97. The molecule has 0 aliphatic carbocycles. The highest BCUT2D eigenvalue weighted by atomic mass is 127. The summed E-state index contributed by atoms with van der Waals surface area (Å²) in [5.74, 6) is 2.52. The Morgan fingerprint density at radius 2 is 2.00 bits per heavy atom. The van der Waals surface area contributed by atoms with E-state index in [1.807, 2.05) is 0 Å². The number of nitrogens with one attached hydrogen (secondary N) is 1. The molecule has 2 rings (SSSR count). The van der Waals surface area contributed by atoms with Gasteiger partial charge in [0.25, 0.3) is 0 Å². The third kappa shape index (κ3) is 3.55. The molecule has 1 aromatic rings. The van der Waals surface area contributed by atoms with Gasteiger partial charge in [-0.15, -0.1) is 0 Å². The highest BCUT2D eigenvalue weighted by Crippen LogP contribution is 2.34. The molecule has 16 heavy (non-hydrogen) atoms. The van der Waals surface area contributed by atoms with Crippen molar-refractivity contribution in [3.63, 3.8) is 0 Å². The Labute approximate surface area is 116 Å². The van der Waals surface area contributed by atoms with Gasteiger partial charge in [0.15, 0.2) is 0 Å². The first-order valence-corrected chi connectivity index (χ1v) is 7.88. The van der Waals surface area contributed by atoms with Crippen LogP contribution in [0.15, 0.2) is 24.3 Å². The van der Waals surface area contributed by atoms with Gasteiger partial charge in [-0.05, 0) is 64.4 Å². The summed E-state index contributed by atoms with van der Waals surface area (Å²) in [5, 5.41) is 3.64. The molecule has 0 saturated carbocycles. The van der Waals surface area contributed by atoms with Gasteiger partial charge in [-0.3, -0.25) is 0 Å². The Morgan fingerprint density at radius 1 is 1.31 bits per heavy atom. The van der Waals surface area contributed by atoms with Crippen molar-refractivity contribution in [2.24, 2.45) is 5.41 Å². The molecule has 1 aliphatic rings. The van der Waals surface area contributed by atoms with Crippen LogP contribution in [0, 0.1) is 8.99 Å². The first-order valence-electron chi connectivity index (χ1n) is 5.65. The number of benzene rings is 1. The Kier molecular flexibility index (Phi) is 4.06. The molecule has 1 nitrogen and oxygen atoms in total. The second kappa shape index (κ2) is 5.17. The van der Waals surface area contributed by atoms with Crippen LogP contribution in [0.2, 0.25) is 0 Å². The minimum Gasteiger partial charge on any atom is -0.381 e. The largest absolute Gasteiger partial charge is 0.381 e. The molecule has 1 heterocycles. The topological polar surface area (TPSA) is 12.0 Å². The second-order valence-electron chi connectivity index (χ2n) is 5.23. The Hall–Kier alpha value is 0.1000. The predicted molar refractivity (Wildman–Crippen MR) is 82.3 cm³/mol. The van der Waals surface area contributed by atoms with Crippen LogP contribution in [-0.4, -0.2) is 17.5 Å². The fourth-order valence-corrected chi connectivity index (χ4v) is 3.77. The number of hydrogen-bond donors (Lipinski definition) is 1. The van der Waals surface area contributed by atoms with E-state index < -0.39 is 0 Å². The van der Waals surface area contributed by atoms with Crippen LogP contribution in [0.3, 0.4) is 0 Å². The fourth-order valence-electron chi connectivity index (χ4n) is 2.14. The van der Waals surface area contributed by atoms with Gasteiger partial charge in [0, 0.05) is 21.1 Å². The molecule has 0 bridgehead atoms. The van der Waals surface area contributed by atoms with Gasteiger partial charge in [-0.2, -0.15) is 11.8 Å². The van der Waals surface area contributed by atoms with Gasteiger partial charge >= 0.3 is 0 Å². The molecule has 0 amide bonds. The van der Waals surface area contributed by atoms with E-state index in [0.29, 0.717) is 11.5 Å². The first kappa shape index (κ1) is 12.6. The Morgan fingerprint density at radius 3 is 2.62 bits per heavy atom. The molecular formula is C13H18INS. The minimum atomic E-state index is 0.476. The summed E-state index contributed by atoms with van der Waals surface area (Å²) >= 11 is 4.41. The van der Waals surface area contributed by atoms with Gasteiger partial charge < -0.3 is 5.32 Å². The van der Waals surface area contributed by atoms with E-state index in [1.54, 1.807) is 0 Å². The highest BCUT2D eigenvalue weighted by Gasteiger charge is 2.28. The van der Waals surface area contributed by atoms with Crippen molar-refractivity contribution in [3.05, 3.63) is 27.8 Å². The molecule has 1 saturated heterocycles. The molecule has 1 aliphatic heterocycles. The number of rotatable bonds is 2. The van der Waals surface area contributed by atoms with Gasteiger partial charge in [-0.25, -0.2) is 0 Å². The summed E-state index contributed by atoms with van der Waals surface area (Å²) in [6.07, 6.45) is 1.27. The molecule has 1 unspecified atom stereocenters. The zero-order valence-corrected chi connectivity index (χ0v) is 12.8. The zero-order valence-electron chi connectivity index (χ0n) is 9.79. The molecule has 0 aromatic heterocycles. The van der Waals surface area contributed by atoms with Crippen molar-refractivity contribution in [1.29, 1.82) is 0 Å². The van der Waals surface area contributed by atoms with Crippen molar-refractivity contribution in [3.8, 4) is 0 Å². The van der Waals surface area contributed by atoms with Crippen molar-refractivity contribution < 1.29 is 0 Å². The maximum absolute atomic E-state index is 3.64. The molecular weight excluding hydrogens is 329 g/mol. The van der Waals surface area contributed by atoms with E-state index in [1.165, 1.54) is 27.2 Å². The maximum atomic E-state index is 3.64. The second-order valence-corrected chi connectivity index (χ2v) is 7.51. The summed E-state index contributed by atoms with van der Waals surface area (Å²) in [5.41, 5.74) is 1.73. The van der Waals surface area contributed by atoms with Crippen molar-refractivity contribution in [1.82, 2.24) is 0 Å². The van der Waals surface area contributed by atoms with Gasteiger partial charge in [0.1, 0.15) is 0 Å². The summed E-state index contributed by atoms with van der Waals surface area (Å²) in [6, 6.07) is 9.28. The average molecular weight is 347 g/mol. The van der Waals surface area contributed by atoms with Crippen LogP contribution in [0.4, 0.5) is 5.69 Å². The minimum absolute atomic E-state index is 0.476. The lowest BCUT2D eigenvalue weighted by Crippen LogP contribution is -2.35. The van der Waals surface area contributed by atoms with Crippen LogP contribution < -0.4 is 5.32 Å². The lowest BCUT2D eigenvalue weighted by molar-refractivity contribution is 0.358. The highest BCUT2D eigenvalue weighted by molar-refractivity contribution is 14.1. The molecule has 0 radical (unpaired) electrons. The molecule has 1 fully saturated rings. The van der Waals surface area contributed by atoms with Crippen LogP contribution in [0.5, 0.6) is 0 Å². The van der Waals surface area contributed by atoms with Crippen molar-refractivity contribution in [2.45, 2.75) is 26.3 Å². The van der Waals surface area contributed by atoms with Gasteiger partial charge in [0.05, 0.1) is 0 Å². The molecule has 3 heteroatoms. The maximum Gasteiger partial charge on any atom is 0.0357 e. The van der Waals surface area contributed by atoms with E-state index in [0.717, 1.165) is 0 Å². The molecule has 1 aromatic carbocycles. The van der Waals surface area contributed by atoms with Crippen LogP contribution in [0.1, 0.15) is 20.3 Å². The number of halogens is 1. The van der Waals surface area contributed by atoms with E-state index in [-0.39, 0.29) is 0 Å².